The summed E-state index contributed by atoms with van der Waals surface area (Å²) in [4.78, 5) is 50.2. The van der Waals surface area contributed by atoms with Crippen molar-refractivity contribution in [1.82, 2.24) is 29.3 Å². The lowest BCUT2D eigenvalue weighted by atomic mass is 10.1. The second kappa shape index (κ2) is 9.05. The first-order chi connectivity index (χ1) is 19.9. The van der Waals surface area contributed by atoms with E-state index in [-0.39, 0.29) is 35.6 Å². The normalized spacial score (nSPS) is 25.2. The van der Waals surface area contributed by atoms with E-state index in [2.05, 4.69) is 47.2 Å². The van der Waals surface area contributed by atoms with Crippen molar-refractivity contribution in [3.8, 4) is 0 Å². The quantitative estimate of drug-likeness (QED) is 0.337. The van der Waals surface area contributed by atoms with Gasteiger partial charge in [-0.2, -0.15) is 0 Å². The van der Waals surface area contributed by atoms with Crippen LogP contribution in [0.2, 0.25) is 0 Å². The van der Waals surface area contributed by atoms with Gasteiger partial charge in [0.25, 0.3) is 0 Å². The van der Waals surface area contributed by atoms with E-state index < -0.39 is 0 Å². The van der Waals surface area contributed by atoms with Gasteiger partial charge in [-0.1, -0.05) is 0 Å². The molecule has 4 aromatic heterocycles. The minimum atomic E-state index is -0.167. The monoisotopic (exact) mass is 549 g/mol. The third-order valence-corrected chi connectivity index (χ3v) is 8.83. The number of aryl methyl sites for hydroxylation is 1. The number of imidazole rings is 1. The van der Waals surface area contributed by atoms with E-state index >= 15 is 0 Å². The van der Waals surface area contributed by atoms with Crippen LogP contribution in [0.5, 0.6) is 0 Å². The molecule has 3 saturated carbocycles. The molecule has 1 aliphatic heterocycles. The van der Waals surface area contributed by atoms with E-state index in [1.165, 1.54) is 24.7 Å². The van der Waals surface area contributed by atoms with Crippen LogP contribution < -0.4 is 15.5 Å². The third-order valence-electron chi connectivity index (χ3n) is 8.83. The number of anilines is 3. The van der Waals surface area contributed by atoms with Gasteiger partial charge in [0.1, 0.15) is 23.8 Å². The van der Waals surface area contributed by atoms with E-state index in [4.69, 9.17) is 4.98 Å². The molecule has 4 aromatic rings. The fraction of sp³-hybridized carbons (Fsp3) is 0.433. The van der Waals surface area contributed by atoms with Crippen LogP contribution in [0.25, 0.3) is 5.65 Å². The summed E-state index contributed by atoms with van der Waals surface area (Å²) in [7, 11) is 0. The summed E-state index contributed by atoms with van der Waals surface area (Å²) >= 11 is 0. The lowest BCUT2D eigenvalue weighted by Crippen LogP contribution is -2.28. The van der Waals surface area contributed by atoms with Crippen molar-refractivity contribution >= 4 is 34.8 Å². The molecule has 41 heavy (non-hydrogen) atoms. The molecular weight excluding hydrogens is 518 g/mol. The molecule has 3 aliphatic carbocycles. The molecule has 4 aliphatic rings. The van der Waals surface area contributed by atoms with Gasteiger partial charge in [0.15, 0.2) is 5.65 Å². The summed E-state index contributed by atoms with van der Waals surface area (Å²) in [5.41, 5.74) is 4.74. The molecule has 1 saturated heterocycles. The van der Waals surface area contributed by atoms with Gasteiger partial charge in [-0.15, -0.1) is 0 Å². The molecule has 2 amide bonds. The van der Waals surface area contributed by atoms with Gasteiger partial charge < -0.3 is 19.9 Å². The molecule has 11 nitrogen and oxygen atoms in total. The zero-order chi connectivity index (χ0) is 27.8. The molecule has 0 bridgehead atoms. The number of carbonyl (C=O) groups is 2. The van der Waals surface area contributed by atoms with Crippen LogP contribution in [0.15, 0.2) is 43.1 Å². The first kappa shape index (κ1) is 24.4. The van der Waals surface area contributed by atoms with Gasteiger partial charge in [0.2, 0.25) is 11.8 Å². The lowest BCUT2D eigenvalue weighted by Gasteiger charge is -2.20. The topological polar surface area (TPSA) is 130 Å². The Balaban J connectivity index is 0.987. The van der Waals surface area contributed by atoms with Crippen LogP contribution in [-0.4, -0.2) is 47.7 Å². The Morgan fingerprint density at radius 3 is 2.68 bits per heavy atom. The Labute approximate surface area is 236 Å². The van der Waals surface area contributed by atoms with E-state index in [0.29, 0.717) is 23.5 Å². The first-order valence-electron chi connectivity index (χ1n) is 14.4. The molecular formula is C30H31N9O2. The van der Waals surface area contributed by atoms with Crippen molar-refractivity contribution in [3.63, 3.8) is 0 Å². The molecule has 0 aromatic carbocycles. The van der Waals surface area contributed by atoms with Gasteiger partial charge in [0.05, 0.1) is 17.4 Å². The number of rotatable bonds is 8. The van der Waals surface area contributed by atoms with Crippen molar-refractivity contribution in [3.05, 3.63) is 65.9 Å². The highest BCUT2D eigenvalue weighted by atomic mass is 16.2. The van der Waals surface area contributed by atoms with Crippen molar-refractivity contribution in [2.75, 3.05) is 22.1 Å². The largest absolute Gasteiger partial charge is 0.362 e. The Morgan fingerprint density at radius 2 is 1.90 bits per heavy atom. The predicted molar refractivity (Wildman–Crippen MR) is 151 cm³/mol. The first-order valence-corrected chi connectivity index (χ1v) is 14.4. The number of pyridine rings is 1. The van der Waals surface area contributed by atoms with E-state index in [0.717, 1.165) is 47.9 Å². The number of piperidine rings is 1. The van der Waals surface area contributed by atoms with Gasteiger partial charge in [-0.05, 0) is 69.1 Å². The molecule has 4 fully saturated rings. The summed E-state index contributed by atoms with van der Waals surface area (Å²) in [5, 5.41) is 6.32. The maximum Gasteiger partial charge on any atom is 0.230 e. The summed E-state index contributed by atoms with van der Waals surface area (Å²) in [6.07, 6.45) is 11.5. The van der Waals surface area contributed by atoms with Crippen LogP contribution >= 0.6 is 0 Å². The Kier molecular flexibility index (Phi) is 5.38. The molecule has 5 heterocycles. The smallest absolute Gasteiger partial charge is 0.230 e. The Hall–Kier alpha value is -4.41. The number of aromatic nitrogens is 6. The van der Waals surface area contributed by atoms with Crippen molar-refractivity contribution in [2.24, 2.45) is 17.8 Å². The number of carbonyl (C=O) groups excluding carboxylic acids is 2. The number of hydrogen-bond donors (Lipinski definition) is 2. The van der Waals surface area contributed by atoms with Crippen LogP contribution in [0.1, 0.15) is 73.3 Å². The van der Waals surface area contributed by atoms with Crippen LogP contribution in [0, 0.1) is 24.7 Å². The molecule has 0 radical (unpaired) electrons. The van der Waals surface area contributed by atoms with Crippen molar-refractivity contribution < 1.29 is 9.59 Å². The van der Waals surface area contributed by atoms with Crippen molar-refractivity contribution in [2.45, 2.75) is 57.4 Å². The van der Waals surface area contributed by atoms with E-state index in [9.17, 15) is 9.59 Å². The number of hydrogen-bond acceptors (Lipinski definition) is 8. The minimum absolute atomic E-state index is 0.0383. The third kappa shape index (κ3) is 4.49. The van der Waals surface area contributed by atoms with E-state index in [1.54, 1.807) is 12.3 Å². The summed E-state index contributed by atoms with van der Waals surface area (Å²) in [5.74, 6) is 3.02. The number of nitrogens with zero attached hydrogens (tertiary/aromatic N) is 7. The average Bonchev–Trinajstić information content (AvgIpc) is 3.87. The maximum absolute atomic E-state index is 13.0. The maximum atomic E-state index is 13.0. The molecule has 2 unspecified atom stereocenters. The standard InChI is InChI=1S/C30H31N9O2/c1-15-5-6-31-27(34-15)21-9-22(21)29(40)37-26-10-25(32-14-33-26)35-16(2)23-13-38-11-18(17-3-4-17)8-24(28(38)36-23)39-12-19-7-20(19)30(39)41/h5-6,8,10-11,13-14,16-17,19-22H,3-4,7,9,12H2,1-2H3,(H2,32,33,35,37,40)/t16-,19+,20+,21?,22?/m1/s1. The van der Waals surface area contributed by atoms with Gasteiger partial charge in [-0.3, -0.25) is 9.59 Å². The molecule has 2 N–H and O–H groups in total. The fourth-order valence-electron chi connectivity index (χ4n) is 6.10. The second-order valence-electron chi connectivity index (χ2n) is 12.0. The molecule has 5 atom stereocenters. The zero-order valence-corrected chi connectivity index (χ0v) is 23.0. The lowest BCUT2D eigenvalue weighted by molar-refractivity contribution is -0.119. The zero-order valence-electron chi connectivity index (χ0n) is 23.0. The van der Waals surface area contributed by atoms with Gasteiger partial charge >= 0.3 is 0 Å². The fourth-order valence-corrected chi connectivity index (χ4v) is 6.10. The minimum Gasteiger partial charge on any atom is -0.362 e. The van der Waals surface area contributed by atoms with Crippen molar-refractivity contribution in [1.29, 1.82) is 0 Å². The highest BCUT2D eigenvalue weighted by Gasteiger charge is 2.53. The van der Waals surface area contributed by atoms with E-state index in [1.807, 2.05) is 31.0 Å². The Bertz CT molecular complexity index is 1710. The second-order valence-corrected chi connectivity index (χ2v) is 12.0. The molecule has 208 valence electrons. The highest BCUT2D eigenvalue weighted by Crippen LogP contribution is 2.49. The Morgan fingerprint density at radius 1 is 1.05 bits per heavy atom. The van der Waals surface area contributed by atoms with Crippen LogP contribution in [-0.2, 0) is 9.59 Å². The molecule has 11 heteroatoms. The molecule has 0 spiro atoms. The van der Waals surface area contributed by atoms with Crippen LogP contribution in [0.3, 0.4) is 0 Å². The summed E-state index contributed by atoms with van der Waals surface area (Å²) in [6, 6.07) is 5.60. The predicted octanol–water partition coefficient (Wildman–Crippen LogP) is 4.00. The number of fused-ring (bicyclic) bond motifs is 2. The number of amides is 2. The SMILES string of the molecule is Cc1ccnc(C2CC2C(=O)Nc2cc(N[C@H](C)c3cn4cc(C5CC5)cc(N5C[C@@H]6C[C@@H]6C5=O)c4n3)ncn2)n1. The summed E-state index contributed by atoms with van der Waals surface area (Å²) < 4.78 is 2.07. The van der Waals surface area contributed by atoms with Gasteiger partial charge in [-0.25, -0.2) is 24.9 Å². The van der Waals surface area contributed by atoms with Gasteiger partial charge in [0, 0.05) is 54.6 Å². The van der Waals surface area contributed by atoms with Crippen LogP contribution in [0.4, 0.5) is 17.3 Å². The summed E-state index contributed by atoms with van der Waals surface area (Å²) in [6.45, 7) is 4.74. The highest BCUT2D eigenvalue weighted by molar-refractivity contribution is 6.02. The molecule has 8 rings (SSSR count). The number of nitrogens with one attached hydrogen (secondary N) is 2. The average molecular weight is 550 g/mol.